The number of thiazole rings is 1. The fourth-order valence-corrected chi connectivity index (χ4v) is 3.11. The summed E-state index contributed by atoms with van der Waals surface area (Å²) < 4.78 is 5.35. The van der Waals surface area contributed by atoms with Crippen LogP contribution >= 0.6 is 11.3 Å². The number of hydrogen-bond acceptors (Lipinski definition) is 7. The third-order valence-corrected chi connectivity index (χ3v) is 4.40. The van der Waals surface area contributed by atoms with Gasteiger partial charge < -0.3 is 14.7 Å². The van der Waals surface area contributed by atoms with Gasteiger partial charge in [0.25, 0.3) is 5.79 Å². The highest BCUT2D eigenvalue weighted by Gasteiger charge is 2.54. The highest BCUT2D eigenvalue weighted by Crippen LogP contribution is 2.37. The molecular weight excluding hydrogens is 306 g/mol. The Hall–Kier alpha value is -1.67. The van der Waals surface area contributed by atoms with Gasteiger partial charge in [-0.25, -0.2) is 9.78 Å². The van der Waals surface area contributed by atoms with Gasteiger partial charge in [0.15, 0.2) is 0 Å². The quantitative estimate of drug-likeness (QED) is 0.898. The van der Waals surface area contributed by atoms with Gasteiger partial charge in [-0.2, -0.15) is 0 Å². The van der Waals surface area contributed by atoms with E-state index in [0.29, 0.717) is 18.7 Å². The van der Waals surface area contributed by atoms with Gasteiger partial charge >= 0.3 is 6.09 Å². The minimum absolute atomic E-state index is 0.213. The molecule has 0 bridgehead atoms. The summed E-state index contributed by atoms with van der Waals surface area (Å²) in [6.07, 6.45) is 2.10. The molecule has 2 aliphatic rings. The zero-order valence-electron chi connectivity index (χ0n) is 12.8. The van der Waals surface area contributed by atoms with Gasteiger partial charge in [0.05, 0.1) is 6.42 Å². The van der Waals surface area contributed by atoms with Gasteiger partial charge in [0.2, 0.25) is 0 Å². The van der Waals surface area contributed by atoms with Crippen molar-refractivity contribution in [3.8, 4) is 0 Å². The lowest BCUT2D eigenvalue weighted by Gasteiger charge is -2.46. The monoisotopic (exact) mass is 325 g/mol. The first-order valence-corrected chi connectivity index (χ1v) is 8.03. The number of amides is 1. The number of likely N-dealkylation sites (tertiary alicyclic amines) is 1. The van der Waals surface area contributed by atoms with Crippen LogP contribution < -0.4 is 0 Å². The van der Waals surface area contributed by atoms with Crippen LogP contribution in [-0.2, 0) is 9.57 Å². The number of carbonyl (C=O) groups is 1. The Morgan fingerprint density at radius 1 is 1.59 bits per heavy atom. The Kier molecular flexibility index (Phi) is 3.60. The number of aliphatic hydroxyl groups is 1. The molecule has 1 aromatic rings. The van der Waals surface area contributed by atoms with Crippen LogP contribution in [0.1, 0.15) is 38.6 Å². The molecular formula is C14H19N3O4S. The molecule has 3 heterocycles. The molecule has 3 rings (SSSR count). The maximum atomic E-state index is 12.1. The average molecular weight is 325 g/mol. The first-order chi connectivity index (χ1) is 10.3. The maximum Gasteiger partial charge on any atom is 0.410 e. The normalized spacial score (nSPS) is 27.9. The van der Waals surface area contributed by atoms with E-state index in [2.05, 4.69) is 10.1 Å². The molecule has 1 fully saturated rings. The minimum Gasteiger partial charge on any atom is -0.444 e. The Bertz CT molecular complexity index is 596. The van der Waals surface area contributed by atoms with Crippen LogP contribution in [0.5, 0.6) is 0 Å². The Balaban J connectivity index is 1.66. The molecule has 1 N–H and O–H groups in total. The third kappa shape index (κ3) is 2.80. The molecule has 2 aliphatic heterocycles. The van der Waals surface area contributed by atoms with Crippen molar-refractivity contribution in [2.24, 2.45) is 5.16 Å². The summed E-state index contributed by atoms with van der Waals surface area (Å²) in [5, 5.41) is 17.2. The van der Waals surface area contributed by atoms with Crippen LogP contribution in [0.2, 0.25) is 0 Å². The number of ether oxygens (including phenoxy) is 1. The van der Waals surface area contributed by atoms with E-state index >= 15 is 0 Å². The van der Waals surface area contributed by atoms with E-state index in [4.69, 9.17) is 9.57 Å². The summed E-state index contributed by atoms with van der Waals surface area (Å²) in [6.45, 7) is 5.97. The van der Waals surface area contributed by atoms with Crippen LogP contribution in [-0.4, -0.2) is 50.8 Å². The molecule has 1 unspecified atom stereocenters. The second kappa shape index (κ2) is 5.20. The molecule has 7 nitrogen and oxygen atoms in total. The van der Waals surface area contributed by atoms with E-state index in [1.54, 1.807) is 6.20 Å². The summed E-state index contributed by atoms with van der Waals surface area (Å²) in [4.78, 5) is 23.1. The molecule has 0 aromatic carbocycles. The van der Waals surface area contributed by atoms with Gasteiger partial charge in [-0.15, -0.1) is 11.3 Å². The van der Waals surface area contributed by atoms with Crippen molar-refractivity contribution in [1.82, 2.24) is 9.88 Å². The molecule has 2 atom stereocenters. The standard InChI is InChI=1S/C14H19N3O4S/c1-13(2,3)20-12(18)17-6-4-10(17)14(19)8-9(16-21-14)11-15-5-7-22-11/h5,7,10,19H,4,6,8H2,1-3H3/t10?,14-/m0/s1. The molecule has 1 saturated heterocycles. The van der Waals surface area contributed by atoms with Gasteiger partial charge in [-0.05, 0) is 27.2 Å². The summed E-state index contributed by atoms with van der Waals surface area (Å²) in [5.74, 6) is -1.50. The van der Waals surface area contributed by atoms with Crippen molar-refractivity contribution in [3.63, 3.8) is 0 Å². The molecule has 120 valence electrons. The molecule has 1 amide bonds. The van der Waals surface area contributed by atoms with Crippen molar-refractivity contribution >= 4 is 23.1 Å². The van der Waals surface area contributed by atoms with Gasteiger partial charge in [0, 0.05) is 18.1 Å². The lowest BCUT2D eigenvalue weighted by molar-refractivity contribution is -0.240. The number of hydrogen-bond donors (Lipinski definition) is 1. The van der Waals surface area contributed by atoms with Crippen LogP contribution in [0.3, 0.4) is 0 Å². The Morgan fingerprint density at radius 3 is 2.91 bits per heavy atom. The number of aromatic nitrogens is 1. The molecule has 1 aromatic heterocycles. The van der Waals surface area contributed by atoms with Crippen molar-refractivity contribution in [1.29, 1.82) is 0 Å². The largest absolute Gasteiger partial charge is 0.444 e. The van der Waals surface area contributed by atoms with Gasteiger partial charge in [-0.3, -0.25) is 4.90 Å². The summed E-state index contributed by atoms with van der Waals surface area (Å²) in [5.41, 5.74) is 0.0346. The van der Waals surface area contributed by atoms with Crippen LogP contribution in [0.25, 0.3) is 0 Å². The second-order valence-corrected chi connectivity index (χ2v) is 7.36. The zero-order valence-corrected chi connectivity index (χ0v) is 13.6. The van der Waals surface area contributed by atoms with E-state index in [-0.39, 0.29) is 6.42 Å². The number of rotatable bonds is 2. The first-order valence-electron chi connectivity index (χ1n) is 7.15. The smallest absolute Gasteiger partial charge is 0.410 e. The molecule has 0 radical (unpaired) electrons. The Morgan fingerprint density at radius 2 is 2.36 bits per heavy atom. The molecule has 8 heteroatoms. The van der Waals surface area contributed by atoms with E-state index < -0.39 is 23.5 Å². The van der Waals surface area contributed by atoms with E-state index in [9.17, 15) is 9.90 Å². The van der Waals surface area contributed by atoms with Crippen LogP contribution in [0.15, 0.2) is 16.7 Å². The molecule has 22 heavy (non-hydrogen) atoms. The number of oxime groups is 1. The van der Waals surface area contributed by atoms with E-state index in [1.807, 2.05) is 26.2 Å². The second-order valence-electron chi connectivity index (χ2n) is 6.47. The van der Waals surface area contributed by atoms with Crippen molar-refractivity contribution in [2.45, 2.75) is 51.0 Å². The van der Waals surface area contributed by atoms with Crippen molar-refractivity contribution in [3.05, 3.63) is 16.6 Å². The van der Waals surface area contributed by atoms with E-state index in [0.717, 1.165) is 5.01 Å². The average Bonchev–Trinajstić information content (AvgIpc) is 2.93. The first kappa shape index (κ1) is 15.2. The zero-order chi connectivity index (χ0) is 16.0. The predicted octanol–water partition coefficient (Wildman–Crippen LogP) is 1.97. The number of nitrogens with zero attached hydrogens (tertiary/aromatic N) is 3. The summed E-state index contributed by atoms with van der Waals surface area (Å²) >= 11 is 1.43. The fraction of sp³-hybridized carbons (Fsp3) is 0.643. The van der Waals surface area contributed by atoms with Crippen LogP contribution in [0.4, 0.5) is 4.79 Å². The summed E-state index contributed by atoms with van der Waals surface area (Å²) in [7, 11) is 0. The van der Waals surface area contributed by atoms with Crippen molar-refractivity contribution < 1.29 is 19.5 Å². The topological polar surface area (TPSA) is 84.2 Å². The van der Waals surface area contributed by atoms with Gasteiger partial charge in [0.1, 0.15) is 22.4 Å². The van der Waals surface area contributed by atoms with Gasteiger partial charge in [-0.1, -0.05) is 5.16 Å². The minimum atomic E-state index is -1.50. The fourth-order valence-electron chi connectivity index (χ4n) is 2.49. The lowest BCUT2D eigenvalue weighted by Crippen LogP contribution is -2.63. The van der Waals surface area contributed by atoms with Crippen molar-refractivity contribution in [2.75, 3.05) is 6.54 Å². The predicted molar refractivity (Wildman–Crippen MR) is 80.6 cm³/mol. The van der Waals surface area contributed by atoms with E-state index in [1.165, 1.54) is 16.2 Å². The number of carbonyl (C=O) groups excluding carboxylic acids is 1. The molecule has 0 aliphatic carbocycles. The summed E-state index contributed by atoms with van der Waals surface area (Å²) in [6, 6.07) is -0.455. The Labute approximate surface area is 132 Å². The maximum absolute atomic E-state index is 12.1. The molecule has 0 saturated carbocycles. The molecule has 0 spiro atoms. The van der Waals surface area contributed by atoms with Crippen LogP contribution in [0, 0.1) is 0 Å². The lowest BCUT2D eigenvalue weighted by atomic mass is 9.91. The SMILES string of the molecule is CC(C)(C)OC(=O)N1CCC1[C@]1(O)CC(c2nccs2)=NO1. The highest BCUT2D eigenvalue weighted by atomic mass is 32.1. The highest BCUT2D eigenvalue weighted by molar-refractivity contribution is 7.11. The third-order valence-electron chi connectivity index (χ3n) is 3.58.